The van der Waals surface area contributed by atoms with E-state index < -0.39 is 10.0 Å². The van der Waals surface area contributed by atoms with Gasteiger partial charge in [-0.2, -0.15) is 0 Å². The van der Waals surface area contributed by atoms with E-state index in [1.54, 1.807) is 29.2 Å². The third kappa shape index (κ3) is 3.32. The molecule has 0 spiro atoms. The molecule has 11 heteroatoms. The van der Waals surface area contributed by atoms with E-state index in [1.807, 2.05) is 12.1 Å². The number of anilines is 1. The number of nitrogens with zero attached hydrogens (tertiary/aromatic N) is 3. The second kappa shape index (κ2) is 7.20. The Kier molecular flexibility index (Phi) is 4.50. The summed E-state index contributed by atoms with van der Waals surface area (Å²) in [5.74, 6) is 0.0153. The first-order valence-electron chi connectivity index (χ1n) is 8.64. The Morgan fingerprint density at radius 1 is 1.10 bits per heavy atom. The second-order valence-corrected chi connectivity index (χ2v) is 9.70. The molecule has 0 radical (unpaired) electrons. The van der Waals surface area contributed by atoms with E-state index in [0.29, 0.717) is 16.4 Å². The molecule has 0 saturated carbocycles. The highest BCUT2D eigenvalue weighted by atomic mass is 32.2. The average Bonchev–Trinajstić information content (AvgIpc) is 3.46. The summed E-state index contributed by atoms with van der Waals surface area (Å²) in [7, 11) is -3.72. The van der Waals surface area contributed by atoms with Crippen LogP contribution in [-0.4, -0.2) is 34.7 Å². The number of H-pyrrole nitrogens is 1. The molecule has 5 aromatic rings. The van der Waals surface area contributed by atoms with E-state index in [2.05, 4.69) is 24.7 Å². The van der Waals surface area contributed by atoms with Gasteiger partial charge in [0.15, 0.2) is 11.0 Å². The first kappa shape index (κ1) is 18.7. The summed E-state index contributed by atoms with van der Waals surface area (Å²) in [5.41, 5.74) is 4.51. The molecule has 0 fully saturated rings. The highest BCUT2D eigenvalue weighted by Crippen LogP contribution is 2.34. The van der Waals surface area contributed by atoms with Gasteiger partial charge in [0, 0.05) is 23.2 Å². The van der Waals surface area contributed by atoms with Crippen LogP contribution < -0.4 is 4.72 Å². The lowest BCUT2D eigenvalue weighted by molar-refractivity contribution is 0.457. The van der Waals surface area contributed by atoms with Crippen LogP contribution in [-0.2, 0) is 10.0 Å². The SMILES string of the molecule is O=S(=O)(Nc1nccs1)c1ccc(N=Cc2c(O)[nH]c3ccc4ncsc4c23)cc1. The molecule has 3 heterocycles. The van der Waals surface area contributed by atoms with Gasteiger partial charge in [-0.3, -0.25) is 9.71 Å². The van der Waals surface area contributed by atoms with Crippen LogP contribution in [0.4, 0.5) is 10.8 Å². The van der Waals surface area contributed by atoms with Gasteiger partial charge in [0.1, 0.15) is 0 Å². The summed E-state index contributed by atoms with van der Waals surface area (Å²) in [5, 5.41) is 13.2. The van der Waals surface area contributed by atoms with Gasteiger partial charge in [-0.1, -0.05) is 0 Å². The molecule has 0 aliphatic rings. The third-order valence-electron chi connectivity index (χ3n) is 4.42. The first-order valence-corrected chi connectivity index (χ1v) is 11.9. The summed E-state index contributed by atoms with van der Waals surface area (Å²) < 4.78 is 28.2. The number of aliphatic imine (C=N–C) groups is 1. The number of aromatic nitrogens is 3. The quantitative estimate of drug-likeness (QED) is 0.337. The van der Waals surface area contributed by atoms with Crippen LogP contribution in [0, 0.1) is 0 Å². The molecule has 3 N–H and O–H groups in total. The molecule has 0 saturated heterocycles. The van der Waals surface area contributed by atoms with Crippen LogP contribution in [0.3, 0.4) is 0 Å². The van der Waals surface area contributed by atoms with E-state index in [4.69, 9.17) is 0 Å². The molecule has 3 aromatic heterocycles. The standard InChI is InChI=1S/C19H13N5O3S3/c25-18-13(16-14(23-18)5-6-15-17(16)29-10-22-15)9-21-11-1-3-12(4-2-11)30(26,27)24-19-20-7-8-28-19/h1-10,23,25H,(H,20,24). The van der Waals surface area contributed by atoms with Gasteiger partial charge in [-0.05, 0) is 36.4 Å². The molecule has 8 nitrogen and oxygen atoms in total. The van der Waals surface area contributed by atoms with Gasteiger partial charge in [0.25, 0.3) is 10.0 Å². The van der Waals surface area contributed by atoms with E-state index in [0.717, 1.165) is 21.1 Å². The maximum Gasteiger partial charge on any atom is 0.263 e. The molecule has 0 unspecified atom stereocenters. The van der Waals surface area contributed by atoms with Crippen molar-refractivity contribution in [3.63, 3.8) is 0 Å². The van der Waals surface area contributed by atoms with Gasteiger partial charge >= 0.3 is 0 Å². The van der Waals surface area contributed by atoms with Crippen molar-refractivity contribution in [1.29, 1.82) is 0 Å². The predicted octanol–water partition coefficient (Wildman–Crippen LogP) is 4.49. The van der Waals surface area contributed by atoms with Crippen LogP contribution in [0.5, 0.6) is 5.88 Å². The van der Waals surface area contributed by atoms with Gasteiger partial charge in [-0.15, -0.1) is 22.7 Å². The summed E-state index contributed by atoms with van der Waals surface area (Å²) in [6, 6.07) is 9.90. The van der Waals surface area contributed by atoms with Gasteiger partial charge in [0.05, 0.1) is 37.4 Å². The Balaban J connectivity index is 1.45. The lowest BCUT2D eigenvalue weighted by Crippen LogP contribution is -2.12. The summed E-state index contributed by atoms with van der Waals surface area (Å²) in [4.78, 5) is 15.7. The average molecular weight is 456 g/mol. The maximum absolute atomic E-state index is 12.4. The normalized spacial score (nSPS) is 12.3. The Morgan fingerprint density at radius 2 is 1.93 bits per heavy atom. The van der Waals surface area contributed by atoms with Crippen molar-refractivity contribution >= 4 is 70.8 Å². The van der Waals surface area contributed by atoms with Crippen molar-refractivity contribution < 1.29 is 13.5 Å². The van der Waals surface area contributed by atoms with Crippen molar-refractivity contribution in [2.45, 2.75) is 4.90 Å². The van der Waals surface area contributed by atoms with Crippen molar-refractivity contribution in [2.75, 3.05) is 4.72 Å². The Morgan fingerprint density at radius 3 is 2.70 bits per heavy atom. The molecule has 2 aromatic carbocycles. The van der Waals surface area contributed by atoms with Crippen LogP contribution in [0.25, 0.3) is 21.1 Å². The number of benzene rings is 2. The highest BCUT2D eigenvalue weighted by molar-refractivity contribution is 7.93. The number of thiazole rings is 2. The minimum Gasteiger partial charge on any atom is -0.494 e. The highest BCUT2D eigenvalue weighted by Gasteiger charge is 2.16. The number of hydrogen-bond acceptors (Lipinski definition) is 8. The van der Waals surface area contributed by atoms with Crippen molar-refractivity contribution in [3.8, 4) is 5.88 Å². The van der Waals surface area contributed by atoms with Crippen LogP contribution in [0.2, 0.25) is 0 Å². The fraction of sp³-hybridized carbons (Fsp3) is 0. The second-order valence-electron chi connectivity index (χ2n) is 6.27. The van der Waals surface area contributed by atoms with E-state index >= 15 is 0 Å². The van der Waals surface area contributed by atoms with Gasteiger partial charge in [-0.25, -0.2) is 18.4 Å². The summed E-state index contributed by atoms with van der Waals surface area (Å²) >= 11 is 2.69. The minimum atomic E-state index is -3.72. The Labute approximate surface area is 178 Å². The molecule has 0 aliphatic heterocycles. The maximum atomic E-state index is 12.4. The molecule has 0 bridgehead atoms. The largest absolute Gasteiger partial charge is 0.494 e. The Hall–Kier alpha value is -3.28. The zero-order valence-corrected chi connectivity index (χ0v) is 17.6. The Bertz CT molecular complexity index is 1480. The molecule has 150 valence electrons. The molecule has 0 atom stereocenters. The summed E-state index contributed by atoms with van der Waals surface area (Å²) in [6.07, 6.45) is 3.09. The fourth-order valence-electron chi connectivity index (χ4n) is 3.04. The topological polar surface area (TPSA) is 120 Å². The number of aromatic hydroxyl groups is 1. The molecule has 0 amide bonds. The van der Waals surface area contributed by atoms with Crippen LogP contribution in [0.1, 0.15) is 5.56 Å². The van der Waals surface area contributed by atoms with Crippen molar-refractivity contribution in [2.24, 2.45) is 4.99 Å². The van der Waals surface area contributed by atoms with Crippen LogP contribution >= 0.6 is 22.7 Å². The number of rotatable bonds is 5. The van der Waals surface area contributed by atoms with E-state index in [-0.39, 0.29) is 10.8 Å². The zero-order valence-electron chi connectivity index (χ0n) is 15.1. The minimum absolute atomic E-state index is 0.0153. The number of sulfonamides is 1. The predicted molar refractivity (Wildman–Crippen MR) is 120 cm³/mol. The first-order chi connectivity index (χ1) is 14.5. The number of fused-ring (bicyclic) bond motifs is 3. The molecule has 5 rings (SSSR count). The monoisotopic (exact) mass is 455 g/mol. The number of nitrogens with one attached hydrogen (secondary N) is 2. The third-order valence-corrected chi connectivity index (χ3v) is 7.45. The smallest absolute Gasteiger partial charge is 0.263 e. The number of hydrogen-bond donors (Lipinski definition) is 3. The molecular formula is C19H13N5O3S3. The van der Waals surface area contributed by atoms with Crippen molar-refractivity contribution in [3.05, 3.63) is 59.0 Å². The zero-order chi connectivity index (χ0) is 20.7. The molecule has 0 aliphatic carbocycles. The fourth-order valence-corrected chi connectivity index (χ4v) is 5.68. The van der Waals surface area contributed by atoms with Gasteiger partial charge < -0.3 is 10.1 Å². The van der Waals surface area contributed by atoms with Crippen LogP contribution in [0.15, 0.2) is 63.4 Å². The van der Waals surface area contributed by atoms with E-state index in [1.165, 1.54) is 41.0 Å². The lowest BCUT2D eigenvalue weighted by atomic mass is 10.1. The van der Waals surface area contributed by atoms with Gasteiger partial charge in [0.2, 0.25) is 0 Å². The van der Waals surface area contributed by atoms with E-state index in [9.17, 15) is 13.5 Å². The molecular weight excluding hydrogens is 442 g/mol. The lowest BCUT2D eigenvalue weighted by Gasteiger charge is -2.05. The number of aromatic amines is 1. The van der Waals surface area contributed by atoms with Crippen molar-refractivity contribution in [1.82, 2.24) is 15.0 Å². The summed E-state index contributed by atoms with van der Waals surface area (Å²) in [6.45, 7) is 0. The molecule has 30 heavy (non-hydrogen) atoms.